The van der Waals surface area contributed by atoms with Gasteiger partial charge >= 0.3 is 6.09 Å². The number of carbonyl (C=O) groups is 1. The first-order chi connectivity index (χ1) is 8.24. The minimum absolute atomic E-state index is 0.586. The van der Waals surface area contributed by atoms with Crippen molar-refractivity contribution >= 4 is 40.9 Å². The first kappa shape index (κ1) is 12.3. The van der Waals surface area contributed by atoms with Crippen LogP contribution in [0.25, 0.3) is 0 Å². The molecule has 1 saturated heterocycles. The highest BCUT2D eigenvalue weighted by Gasteiger charge is 2.10. The van der Waals surface area contributed by atoms with Gasteiger partial charge in [-0.1, -0.05) is 16.8 Å². The highest BCUT2D eigenvalue weighted by Crippen LogP contribution is 2.15. The molecule has 0 aliphatic carbocycles. The van der Waals surface area contributed by atoms with Gasteiger partial charge in [0.15, 0.2) is 0 Å². The summed E-state index contributed by atoms with van der Waals surface area (Å²) in [6.45, 7) is 0. The van der Waals surface area contributed by atoms with Gasteiger partial charge in [-0.05, 0) is 36.4 Å². The van der Waals surface area contributed by atoms with Crippen LogP contribution in [0.3, 0.4) is 0 Å². The van der Waals surface area contributed by atoms with Gasteiger partial charge in [0.05, 0.1) is 5.71 Å². The fourth-order valence-corrected chi connectivity index (χ4v) is 2.39. The van der Waals surface area contributed by atoms with Gasteiger partial charge < -0.3 is 0 Å². The van der Waals surface area contributed by atoms with E-state index in [4.69, 9.17) is 16.4 Å². The van der Waals surface area contributed by atoms with Gasteiger partial charge in [-0.25, -0.2) is 4.79 Å². The van der Waals surface area contributed by atoms with E-state index in [9.17, 15) is 4.79 Å². The molecule has 0 saturated carbocycles. The summed E-state index contributed by atoms with van der Waals surface area (Å²) in [6, 6.07) is 6.78. The fourth-order valence-electron chi connectivity index (χ4n) is 1.30. The lowest BCUT2D eigenvalue weighted by Crippen LogP contribution is -2.12. The minimum atomic E-state index is -0.586. The van der Waals surface area contributed by atoms with Crippen molar-refractivity contribution in [1.82, 2.24) is 0 Å². The largest absolute Gasteiger partial charge is 0.437 e. The summed E-state index contributed by atoms with van der Waals surface area (Å²) in [7, 11) is 0. The molecule has 1 aromatic rings. The lowest BCUT2D eigenvalue weighted by molar-refractivity contribution is 0.166. The van der Waals surface area contributed by atoms with Crippen LogP contribution in [-0.2, 0) is 4.84 Å². The Morgan fingerprint density at radius 3 is 2.82 bits per heavy atom. The number of thioether (sulfide) groups is 1. The van der Waals surface area contributed by atoms with Crippen molar-refractivity contribution in [3.8, 4) is 0 Å². The van der Waals surface area contributed by atoms with E-state index >= 15 is 0 Å². The van der Waals surface area contributed by atoms with E-state index in [-0.39, 0.29) is 0 Å². The van der Waals surface area contributed by atoms with Crippen LogP contribution in [0.2, 0.25) is 5.02 Å². The maximum Gasteiger partial charge on any atom is 0.437 e. The number of oxime groups is 1. The van der Waals surface area contributed by atoms with Crippen LogP contribution in [0.5, 0.6) is 0 Å². The van der Waals surface area contributed by atoms with Gasteiger partial charge in [-0.2, -0.15) is 11.8 Å². The Bertz CT molecular complexity index is 426. The Balaban J connectivity index is 1.84. The normalized spacial score (nSPS) is 17.1. The zero-order valence-electron chi connectivity index (χ0n) is 8.98. The minimum Gasteiger partial charge on any atom is -0.298 e. The molecule has 0 unspecified atom stereocenters. The molecule has 1 aliphatic rings. The second-order valence-electron chi connectivity index (χ2n) is 3.47. The molecule has 0 atom stereocenters. The van der Waals surface area contributed by atoms with Crippen molar-refractivity contribution in [2.45, 2.75) is 6.42 Å². The smallest absolute Gasteiger partial charge is 0.298 e. The van der Waals surface area contributed by atoms with Crippen LogP contribution < -0.4 is 5.32 Å². The number of benzene rings is 1. The van der Waals surface area contributed by atoms with Crippen molar-refractivity contribution in [2.24, 2.45) is 5.16 Å². The molecule has 90 valence electrons. The lowest BCUT2D eigenvalue weighted by atomic mass is 10.3. The quantitative estimate of drug-likeness (QED) is 0.662. The zero-order valence-corrected chi connectivity index (χ0v) is 10.6. The molecule has 4 nitrogen and oxygen atoms in total. The van der Waals surface area contributed by atoms with Crippen LogP contribution in [0, 0.1) is 0 Å². The average Bonchev–Trinajstić information content (AvgIpc) is 2.83. The van der Waals surface area contributed by atoms with E-state index in [1.54, 1.807) is 36.0 Å². The summed E-state index contributed by atoms with van der Waals surface area (Å²) in [5.41, 5.74) is 1.54. The summed E-state index contributed by atoms with van der Waals surface area (Å²) in [5, 5.41) is 6.97. The molecular formula is C11H11ClN2O2S. The first-order valence-corrected chi connectivity index (χ1v) is 6.64. The van der Waals surface area contributed by atoms with Gasteiger partial charge in [-0.15, -0.1) is 0 Å². The molecule has 0 spiro atoms. The number of nitrogens with zero attached hydrogens (tertiary/aromatic N) is 1. The predicted octanol–water partition coefficient (Wildman–Crippen LogP) is 3.38. The van der Waals surface area contributed by atoms with Gasteiger partial charge in [0.2, 0.25) is 0 Å². The summed E-state index contributed by atoms with van der Waals surface area (Å²) in [5.74, 6) is 1.88. The van der Waals surface area contributed by atoms with Crippen molar-refractivity contribution in [2.75, 3.05) is 16.8 Å². The highest BCUT2D eigenvalue weighted by atomic mass is 35.5. The zero-order chi connectivity index (χ0) is 12.1. The van der Waals surface area contributed by atoms with Gasteiger partial charge in [0.25, 0.3) is 0 Å². The highest BCUT2D eigenvalue weighted by molar-refractivity contribution is 8.00. The summed E-state index contributed by atoms with van der Waals surface area (Å²) in [4.78, 5) is 16.1. The number of halogens is 1. The second-order valence-corrected chi connectivity index (χ2v) is 5.01. The molecule has 1 fully saturated rings. The van der Waals surface area contributed by atoms with Crippen LogP contribution in [0.4, 0.5) is 10.5 Å². The molecule has 0 aromatic heterocycles. The maximum atomic E-state index is 11.4. The molecule has 1 heterocycles. The third kappa shape index (κ3) is 3.94. The molecule has 1 aromatic carbocycles. The Hall–Kier alpha value is -1.20. The van der Waals surface area contributed by atoms with Gasteiger partial charge in [0.1, 0.15) is 0 Å². The second kappa shape index (κ2) is 5.93. The molecule has 1 aliphatic heterocycles. The maximum absolute atomic E-state index is 11.4. The SMILES string of the molecule is O=C(Nc1ccc(Cl)cc1)ON=C1CCSC1. The Kier molecular flexibility index (Phi) is 4.28. The number of anilines is 1. The molecule has 1 amide bonds. The molecule has 0 radical (unpaired) electrons. The third-order valence-electron chi connectivity index (χ3n) is 2.15. The van der Waals surface area contributed by atoms with Gasteiger partial charge in [0, 0.05) is 16.5 Å². The number of hydrogen-bond acceptors (Lipinski definition) is 4. The standard InChI is InChI=1S/C11H11ClN2O2S/c12-8-1-3-9(4-2-8)13-11(15)16-14-10-5-6-17-7-10/h1-4H,5-7H2,(H,13,15). The molecule has 1 N–H and O–H groups in total. The summed E-state index contributed by atoms with van der Waals surface area (Å²) in [6.07, 6.45) is 0.301. The van der Waals surface area contributed by atoms with E-state index in [1.165, 1.54) is 0 Å². The van der Waals surface area contributed by atoms with Crippen LogP contribution in [-0.4, -0.2) is 23.3 Å². The van der Waals surface area contributed by atoms with E-state index in [1.807, 2.05) is 0 Å². The molecule has 2 rings (SSSR count). The monoisotopic (exact) mass is 270 g/mol. The third-order valence-corrected chi connectivity index (χ3v) is 3.43. The van der Waals surface area contributed by atoms with E-state index in [0.29, 0.717) is 10.7 Å². The van der Waals surface area contributed by atoms with E-state index in [0.717, 1.165) is 23.6 Å². The van der Waals surface area contributed by atoms with Crippen LogP contribution >= 0.6 is 23.4 Å². The van der Waals surface area contributed by atoms with Crippen LogP contribution in [0.1, 0.15) is 6.42 Å². The summed E-state index contributed by atoms with van der Waals surface area (Å²) < 4.78 is 0. The Morgan fingerprint density at radius 2 is 2.18 bits per heavy atom. The fraction of sp³-hybridized carbons (Fsp3) is 0.273. The number of carbonyl (C=O) groups excluding carboxylic acids is 1. The molecular weight excluding hydrogens is 260 g/mol. The average molecular weight is 271 g/mol. The van der Waals surface area contributed by atoms with Crippen molar-refractivity contribution in [3.05, 3.63) is 29.3 Å². The van der Waals surface area contributed by atoms with Crippen molar-refractivity contribution in [3.63, 3.8) is 0 Å². The number of rotatable bonds is 2. The number of hydrogen-bond donors (Lipinski definition) is 1. The topological polar surface area (TPSA) is 50.7 Å². The first-order valence-electron chi connectivity index (χ1n) is 5.11. The van der Waals surface area contributed by atoms with Gasteiger partial charge in [-0.3, -0.25) is 10.2 Å². The Morgan fingerprint density at radius 1 is 1.41 bits per heavy atom. The summed E-state index contributed by atoms with van der Waals surface area (Å²) >= 11 is 7.51. The number of nitrogens with one attached hydrogen (secondary N) is 1. The van der Waals surface area contributed by atoms with Crippen LogP contribution in [0.15, 0.2) is 29.4 Å². The molecule has 0 bridgehead atoms. The Labute approximate surface area is 108 Å². The number of amides is 1. The molecule has 6 heteroatoms. The molecule has 17 heavy (non-hydrogen) atoms. The lowest BCUT2D eigenvalue weighted by Gasteiger charge is -2.02. The van der Waals surface area contributed by atoms with Crippen molar-refractivity contribution in [1.29, 1.82) is 0 Å². The van der Waals surface area contributed by atoms with Crippen molar-refractivity contribution < 1.29 is 9.63 Å². The van der Waals surface area contributed by atoms with E-state index < -0.39 is 6.09 Å². The van der Waals surface area contributed by atoms with E-state index in [2.05, 4.69) is 10.5 Å². The predicted molar refractivity (Wildman–Crippen MR) is 70.9 cm³/mol.